The quantitative estimate of drug-likeness (QED) is 0.776. The zero-order valence-electron chi connectivity index (χ0n) is 13.6. The van der Waals surface area contributed by atoms with Gasteiger partial charge in [-0.3, -0.25) is 9.59 Å². The van der Waals surface area contributed by atoms with E-state index in [-0.39, 0.29) is 18.4 Å². The summed E-state index contributed by atoms with van der Waals surface area (Å²) in [7, 11) is 0. The van der Waals surface area contributed by atoms with Gasteiger partial charge in [0.2, 0.25) is 5.91 Å². The molecule has 1 saturated carbocycles. The summed E-state index contributed by atoms with van der Waals surface area (Å²) in [4.78, 5) is 24.7. The molecule has 1 aliphatic rings. The monoisotopic (exact) mass is 347 g/mol. The SMILES string of the molecule is N#CCNC(=O)[C@H](CC1CCCCC1)NC(=O)c1cccc(Cl)c1. The molecule has 2 rings (SSSR count). The van der Waals surface area contributed by atoms with Gasteiger partial charge < -0.3 is 10.6 Å². The molecule has 2 amide bonds. The van der Waals surface area contributed by atoms with Crippen molar-refractivity contribution in [3.8, 4) is 6.07 Å². The number of carbonyl (C=O) groups excluding carboxylic acids is 2. The van der Waals surface area contributed by atoms with Crippen LogP contribution in [0.4, 0.5) is 0 Å². The predicted molar refractivity (Wildman–Crippen MR) is 92.5 cm³/mol. The molecule has 0 saturated heterocycles. The van der Waals surface area contributed by atoms with E-state index in [4.69, 9.17) is 16.9 Å². The molecule has 1 fully saturated rings. The number of carbonyl (C=O) groups is 2. The van der Waals surface area contributed by atoms with Gasteiger partial charge in [0, 0.05) is 10.6 Å². The second-order valence-corrected chi connectivity index (χ2v) is 6.59. The molecule has 0 heterocycles. The Bertz CT molecular complexity index is 621. The molecule has 0 radical (unpaired) electrons. The van der Waals surface area contributed by atoms with Gasteiger partial charge in [-0.1, -0.05) is 49.8 Å². The highest BCUT2D eigenvalue weighted by molar-refractivity contribution is 6.31. The van der Waals surface area contributed by atoms with Crippen molar-refractivity contribution >= 4 is 23.4 Å². The Kier molecular flexibility index (Phi) is 7.07. The normalized spacial score (nSPS) is 16.0. The van der Waals surface area contributed by atoms with E-state index < -0.39 is 6.04 Å². The average molecular weight is 348 g/mol. The summed E-state index contributed by atoms with van der Waals surface area (Å²) >= 11 is 5.92. The molecule has 5 nitrogen and oxygen atoms in total. The van der Waals surface area contributed by atoms with Crippen LogP contribution in [0.5, 0.6) is 0 Å². The van der Waals surface area contributed by atoms with Gasteiger partial charge in [0.25, 0.3) is 5.91 Å². The largest absolute Gasteiger partial charge is 0.341 e. The highest BCUT2D eigenvalue weighted by Crippen LogP contribution is 2.27. The number of hydrogen-bond acceptors (Lipinski definition) is 3. The van der Waals surface area contributed by atoms with Crippen LogP contribution in [0.15, 0.2) is 24.3 Å². The fourth-order valence-corrected chi connectivity index (χ4v) is 3.30. The van der Waals surface area contributed by atoms with Gasteiger partial charge in [0.15, 0.2) is 0 Å². The highest BCUT2D eigenvalue weighted by Gasteiger charge is 2.26. The lowest BCUT2D eigenvalue weighted by atomic mass is 9.84. The Morgan fingerprint density at radius 3 is 2.71 bits per heavy atom. The lowest BCUT2D eigenvalue weighted by molar-refractivity contribution is -0.123. The Labute approximate surface area is 147 Å². The molecule has 24 heavy (non-hydrogen) atoms. The predicted octanol–water partition coefficient (Wildman–Crippen LogP) is 3.05. The fraction of sp³-hybridized carbons (Fsp3) is 0.500. The van der Waals surface area contributed by atoms with Crippen molar-refractivity contribution < 1.29 is 9.59 Å². The third kappa shape index (κ3) is 5.54. The van der Waals surface area contributed by atoms with Crippen molar-refractivity contribution in [2.24, 2.45) is 5.92 Å². The second kappa shape index (κ2) is 9.29. The number of nitrogens with zero attached hydrogens (tertiary/aromatic N) is 1. The first kappa shape index (κ1) is 18.3. The minimum Gasteiger partial charge on any atom is -0.341 e. The molecule has 1 aliphatic carbocycles. The van der Waals surface area contributed by atoms with Crippen LogP contribution in [0.25, 0.3) is 0 Å². The van der Waals surface area contributed by atoms with Crippen LogP contribution in [0.3, 0.4) is 0 Å². The average Bonchev–Trinajstić information content (AvgIpc) is 2.60. The summed E-state index contributed by atoms with van der Waals surface area (Å²) < 4.78 is 0. The molecule has 2 N–H and O–H groups in total. The van der Waals surface area contributed by atoms with Crippen LogP contribution in [-0.2, 0) is 4.79 Å². The molecule has 1 aromatic rings. The molecule has 1 aromatic carbocycles. The van der Waals surface area contributed by atoms with Gasteiger partial charge in [-0.05, 0) is 30.5 Å². The standard InChI is InChI=1S/C18H22ClN3O2/c19-15-8-4-7-14(12-15)17(23)22-16(18(24)21-10-9-20)11-13-5-2-1-3-6-13/h4,7-8,12-13,16H,1-3,5-6,10-11H2,(H,21,24)(H,22,23)/t16-/m0/s1. The van der Waals surface area contributed by atoms with Crippen LogP contribution >= 0.6 is 11.6 Å². The van der Waals surface area contributed by atoms with Crippen molar-refractivity contribution in [1.29, 1.82) is 5.26 Å². The van der Waals surface area contributed by atoms with E-state index in [1.165, 1.54) is 19.3 Å². The molecule has 128 valence electrons. The summed E-state index contributed by atoms with van der Waals surface area (Å²) in [6.45, 7) is -0.0625. The summed E-state index contributed by atoms with van der Waals surface area (Å²) in [5, 5.41) is 14.5. The minimum atomic E-state index is -0.632. The van der Waals surface area contributed by atoms with Crippen molar-refractivity contribution in [2.75, 3.05) is 6.54 Å². The molecule has 0 bridgehead atoms. The summed E-state index contributed by atoms with van der Waals surface area (Å²) in [6.07, 6.45) is 6.32. The minimum absolute atomic E-state index is 0.0625. The Balaban J connectivity index is 2.04. The molecule has 0 aliphatic heterocycles. The van der Waals surface area contributed by atoms with Crippen LogP contribution in [0.1, 0.15) is 48.9 Å². The van der Waals surface area contributed by atoms with E-state index >= 15 is 0 Å². The number of hydrogen-bond donors (Lipinski definition) is 2. The zero-order chi connectivity index (χ0) is 17.4. The van der Waals surface area contributed by atoms with Crippen LogP contribution in [0, 0.1) is 17.2 Å². The third-order valence-electron chi connectivity index (χ3n) is 4.34. The number of benzene rings is 1. The molecule has 6 heteroatoms. The summed E-state index contributed by atoms with van der Waals surface area (Å²) in [5.74, 6) is -0.209. The van der Waals surface area contributed by atoms with Crippen molar-refractivity contribution in [3.05, 3.63) is 34.9 Å². The van der Waals surface area contributed by atoms with Crippen molar-refractivity contribution in [1.82, 2.24) is 10.6 Å². The zero-order valence-corrected chi connectivity index (χ0v) is 14.3. The van der Waals surface area contributed by atoms with E-state index in [1.807, 2.05) is 6.07 Å². The Morgan fingerprint density at radius 1 is 1.29 bits per heavy atom. The Morgan fingerprint density at radius 2 is 2.04 bits per heavy atom. The van der Waals surface area contributed by atoms with Gasteiger partial charge in [-0.2, -0.15) is 5.26 Å². The smallest absolute Gasteiger partial charge is 0.251 e. The van der Waals surface area contributed by atoms with Gasteiger partial charge in [0.1, 0.15) is 12.6 Å². The molecule has 0 spiro atoms. The number of halogens is 1. The van der Waals surface area contributed by atoms with Crippen LogP contribution in [-0.4, -0.2) is 24.4 Å². The lowest BCUT2D eigenvalue weighted by Gasteiger charge is -2.26. The molecular formula is C18H22ClN3O2. The van der Waals surface area contributed by atoms with Crippen molar-refractivity contribution in [3.63, 3.8) is 0 Å². The van der Waals surface area contributed by atoms with Crippen molar-refractivity contribution in [2.45, 2.75) is 44.6 Å². The van der Waals surface area contributed by atoms with Gasteiger partial charge >= 0.3 is 0 Å². The van der Waals surface area contributed by atoms with Crippen LogP contribution in [0.2, 0.25) is 5.02 Å². The van der Waals surface area contributed by atoms with E-state index in [0.717, 1.165) is 12.8 Å². The topological polar surface area (TPSA) is 82.0 Å². The fourth-order valence-electron chi connectivity index (χ4n) is 3.11. The number of amides is 2. The van der Waals surface area contributed by atoms with Gasteiger partial charge in [0.05, 0.1) is 6.07 Å². The Hall–Kier alpha value is -2.06. The van der Waals surface area contributed by atoms with E-state index in [9.17, 15) is 9.59 Å². The maximum absolute atomic E-state index is 12.4. The second-order valence-electron chi connectivity index (χ2n) is 6.15. The molecule has 0 unspecified atom stereocenters. The first-order chi connectivity index (χ1) is 11.6. The first-order valence-electron chi connectivity index (χ1n) is 8.31. The van der Waals surface area contributed by atoms with E-state index in [0.29, 0.717) is 22.9 Å². The summed E-state index contributed by atoms with van der Waals surface area (Å²) in [6, 6.07) is 7.88. The number of rotatable bonds is 6. The molecule has 0 aromatic heterocycles. The highest BCUT2D eigenvalue weighted by atomic mass is 35.5. The lowest BCUT2D eigenvalue weighted by Crippen LogP contribution is -2.48. The van der Waals surface area contributed by atoms with E-state index in [1.54, 1.807) is 24.3 Å². The maximum Gasteiger partial charge on any atom is 0.251 e. The van der Waals surface area contributed by atoms with E-state index in [2.05, 4.69) is 10.6 Å². The first-order valence-corrected chi connectivity index (χ1v) is 8.69. The molecular weight excluding hydrogens is 326 g/mol. The maximum atomic E-state index is 12.4. The van der Waals surface area contributed by atoms with Gasteiger partial charge in [-0.15, -0.1) is 0 Å². The third-order valence-corrected chi connectivity index (χ3v) is 4.58. The number of nitriles is 1. The number of nitrogens with one attached hydrogen (secondary N) is 2. The van der Waals surface area contributed by atoms with Crippen LogP contribution < -0.4 is 10.6 Å². The van der Waals surface area contributed by atoms with Gasteiger partial charge in [-0.25, -0.2) is 0 Å². The molecule has 1 atom stereocenters. The summed E-state index contributed by atoms with van der Waals surface area (Å²) in [5.41, 5.74) is 0.421.